The van der Waals surface area contributed by atoms with E-state index in [1.54, 1.807) is 67.5 Å². The number of ether oxygens (including phenoxy) is 3. The Bertz CT molecular complexity index is 1120. The summed E-state index contributed by atoms with van der Waals surface area (Å²) in [6.07, 6.45) is 4.60. The molecule has 8 nitrogen and oxygen atoms in total. The van der Waals surface area contributed by atoms with Gasteiger partial charge in [0.05, 0.1) is 17.7 Å². The van der Waals surface area contributed by atoms with E-state index in [-0.39, 0.29) is 6.03 Å². The molecular weight excluding hydrogens is 440 g/mol. The molecule has 0 bridgehead atoms. The number of methoxy groups -OCH3 is 1. The number of rotatable bonds is 11. The van der Waals surface area contributed by atoms with Crippen LogP contribution in [0.15, 0.2) is 48.7 Å². The Balaban J connectivity index is 1.70. The normalized spacial score (nSPS) is 10.5. The van der Waals surface area contributed by atoms with Gasteiger partial charge in [-0.25, -0.2) is 4.79 Å². The van der Waals surface area contributed by atoms with Crippen molar-refractivity contribution in [1.29, 1.82) is 5.26 Å². The molecule has 9 heteroatoms. The lowest BCUT2D eigenvalue weighted by molar-refractivity contribution is 0.146. The number of aromatic nitrogens is 1. The minimum Gasteiger partial charge on any atom is -0.490 e. The number of pyridine rings is 1. The quantitative estimate of drug-likeness (QED) is 0.391. The topological polar surface area (TPSA) is 106 Å². The fourth-order valence-electron chi connectivity index (χ4n) is 3.01. The van der Waals surface area contributed by atoms with Gasteiger partial charge in [0, 0.05) is 37.0 Å². The summed E-state index contributed by atoms with van der Waals surface area (Å²) >= 11 is 1.75. The van der Waals surface area contributed by atoms with Crippen LogP contribution in [0.4, 0.5) is 10.5 Å². The number of nitrogens with one attached hydrogen (secondary N) is 2. The van der Waals surface area contributed by atoms with Crippen LogP contribution in [0.25, 0.3) is 10.9 Å². The van der Waals surface area contributed by atoms with E-state index in [1.165, 1.54) is 0 Å². The summed E-state index contributed by atoms with van der Waals surface area (Å²) < 4.78 is 16.7. The Morgan fingerprint density at radius 2 is 1.97 bits per heavy atom. The van der Waals surface area contributed by atoms with Crippen molar-refractivity contribution in [3.63, 3.8) is 0 Å². The van der Waals surface area contributed by atoms with E-state index in [0.29, 0.717) is 59.2 Å². The molecule has 0 saturated carbocycles. The van der Waals surface area contributed by atoms with E-state index < -0.39 is 0 Å². The number of carbonyl (C=O) groups is 1. The highest BCUT2D eigenvalue weighted by atomic mass is 32.2. The van der Waals surface area contributed by atoms with Crippen LogP contribution in [0, 0.1) is 11.3 Å². The van der Waals surface area contributed by atoms with Crippen LogP contribution in [0.3, 0.4) is 0 Å². The zero-order valence-corrected chi connectivity index (χ0v) is 19.4. The van der Waals surface area contributed by atoms with Crippen LogP contribution in [0.2, 0.25) is 0 Å². The number of carbonyl (C=O) groups excluding carboxylic acids is 1. The molecule has 0 radical (unpaired) electrons. The van der Waals surface area contributed by atoms with Crippen molar-refractivity contribution < 1.29 is 19.0 Å². The van der Waals surface area contributed by atoms with Gasteiger partial charge in [0.2, 0.25) is 0 Å². The predicted molar refractivity (Wildman–Crippen MR) is 130 cm³/mol. The molecule has 0 saturated heterocycles. The number of thioether (sulfide) groups is 1. The van der Waals surface area contributed by atoms with E-state index in [0.717, 1.165) is 12.2 Å². The van der Waals surface area contributed by atoms with Gasteiger partial charge in [0.1, 0.15) is 29.9 Å². The smallest absolute Gasteiger partial charge is 0.319 e. The average Bonchev–Trinajstić information content (AvgIpc) is 2.83. The third-order valence-electron chi connectivity index (χ3n) is 4.62. The molecule has 3 aromatic rings. The minimum absolute atomic E-state index is 0.238. The number of hydrogen-bond acceptors (Lipinski definition) is 7. The number of hydrogen-bond donors (Lipinski definition) is 2. The molecule has 0 spiro atoms. The van der Waals surface area contributed by atoms with Crippen molar-refractivity contribution in [3.05, 3.63) is 54.2 Å². The average molecular weight is 467 g/mol. The molecule has 0 fully saturated rings. The van der Waals surface area contributed by atoms with Gasteiger partial charge in [-0.2, -0.15) is 17.0 Å². The Labute approximate surface area is 197 Å². The van der Waals surface area contributed by atoms with Crippen LogP contribution in [-0.4, -0.2) is 49.9 Å². The van der Waals surface area contributed by atoms with Crippen LogP contribution in [-0.2, 0) is 4.74 Å². The maximum absolute atomic E-state index is 12.0. The molecule has 0 aliphatic rings. The summed E-state index contributed by atoms with van der Waals surface area (Å²) in [5, 5.41) is 15.9. The second-order valence-electron chi connectivity index (χ2n) is 6.98. The van der Waals surface area contributed by atoms with Crippen LogP contribution in [0.5, 0.6) is 17.2 Å². The Morgan fingerprint density at radius 1 is 1.15 bits per heavy atom. The molecule has 2 amide bonds. The third-order valence-corrected chi connectivity index (χ3v) is 5.32. The van der Waals surface area contributed by atoms with Gasteiger partial charge >= 0.3 is 6.03 Å². The van der Waals surface area contributed by atoms with Gasteiger partial charge in [0.15, 0.2) is 0 Å². The number of anilines is 1. The highest BCUT2D eigenvalue weighted by Crippen LogP contribution is 2.33. The minimum atomic E-state index is -0.238. The molecule has 0 unspecified atom stereocenters. The van der Waals surface area contributed by atoms with E-state index >= 15 is 0 Å². The summed E-state index contributed by atoms with van der Waals surface area (Å²) in [6, 6.07) is 14.2. The number of urea groups is 1. The van der Waals surface area contributed by atoms with Gasteiger partial charge in [-0.15, -0.1) is 0 Å². The summed E-state index contributed by atoms with van der Waals surface area (Å²) in [6.45, 7) is 1.39. The first kappa shape index (κ1) is 24.2. The van der Waals surface area contributed by atoms with Gasteiger partial charge in [0.25, 0.3) is 0 Å². The van der Waals surface area contributed by atoms with E-state index in [2.05, 4.69) is 21.7 Å². The largest absolute Gasteiger partial charge is 0.490 e. The Morgan fingerprint density at radius 3 is 2.70 bits per heavy atom. The first-order chi connectivity index (χ1) is 16.1. The Kier molecular flexibility index (Phi) is 9.18. The summed E-state index contributed by atoms with van der Waals surface area (Å²) in [7, 11) is 1.59. The second-order valence-corrected chi connectivity index (χ2v) is 7.97. The molecule has 3 rings (SSSR count). The summed E-state index contributed by atoms with van der Waals surface area (Å²) in [5.74, 6) is 2.61. The Hall–Kier alpha value is -3.48. The summed E-state index contributed by atoms with van der Waals surface area (Å²) in [4.78, 5) is 16.3. The maximum Gasteiger partial charge on any atom is 0.319 e. The van der Waals surface area contributed by atoms with Crippen molar-refractivity contribution in [2.24, 2.45) is 0 Å². The molecule has 0 atom stereocenters. The molecule has 33 heavy (non-hydrogen) atoms. The van der Waals surface area contributed by atoms with E-state index in [9.17, 15) is 10.1 Å². The molecule has 0 aliphatic heterocycles. The number of benzene rings is 2. The first-order valence-corrected chi connectivity index (χ1v) is 11.8. The highest BCUT2D eigenvalue weighted by Gasteiger charge is 2.12. The first-order valence-electron chi connectivity index (χ1n) is 10.4. The molecule has 1 heterocycles. The van der Waals surface area contributed by atoms with Crippen molar-refractivity contribution in [2.45, 2.75) is 6.42 Å². The zero-order chi connectivity index (χ0) is 23.5. The fourth-order valence-corrected chi connectivity index (χ4v) is 3.44. The highest BCUT2D eigenvalue weighted by molar-refractivity contribution is 7.98. The van der Waals surface area contributed by atoms with Gasteiger partial charge < -0.3 is 24.8 Å². The maximum atomic E-state index is 12.0. The molecule has 0 aliphatic carbocycles. The van der Waals surface area contributed by atoms with Crippen molar-refractivity contribution in [2.75, 3.05) is 44.2 Å². The monoisotopic (exact) mass is 466 g/mol. The number of nitrogens with zero attached hydrogens (tertiary/aromatic N) is 2. The third kappa shape index (κ3) is 7.00. The van der Waals surface area contributed by atoms with Crippen LogP contribution in [0.1, 0.15) is 12.0 Å². The zero-order valence-electron chi connectivity index (χ0n) is 18.6. The standard InChI is InChI=1S/C24H26N4O4S/c1-30-11-12-31-23-15-21-20(14-17(23)16-25)22(8-10-26-21)32-19-6-4-18(5-7-19)28-24(29)27-9-3-13-33-2/h4-8,10,14-15H,3,9,11-13H2,1-2H3,(H2,27,28,29). The number of fused-ring (bicyclic) bond motifs is 1. The summed E-state index contributed by atoms with van der Waals surface area (Å²) in [5.41, 5.74) is 1.70. The van der Waals surface area contributed by atoms with Crippen molar-refractivity contribution >= 4 is 34.4 Å². The van der Waals surface area contributed by atoms with Crippen LogP contribution >= 0.6 is 11.8 Å². The lowest BCUT2D eigenvalue weighted by Gasteiger charge is -2.12. The molecule has 172 valence electrons. The van der Waals surface area contributed by atoms with E-state index in [4.69, 9.17) is 14.2 Å². The van der Waals surface area contributed by atoms with Crippen molar-refractivity contribution in [3.8, 4) is 23.3 Å². The van der Waals surface area contributed by atoms with Gasteiger partial charge in [-0.1, -0.05) is 0 Å². The molecular formula is C24H26N4O4S. The van der Waals surface area contributed by atoms with E-state index in [1.807, 2.05) is 6.26 Å². The number of amides is 2. The lowest BCUT2D eigenvalue weighted by atomic mass is 10.1. The van der Waals surface area contributed by atoms with Gasteiger partial charge in [-0.05, 0) is 54.8 Å². The number of nitriles is 1. The predicted octanol–water partition coefficient (Wildman–Crippen LogP) is 4.80. The SMILES string of the molecule is COCCOc1cc2nccc(Oc3ccc(NC(=O)NCCCSC)cc3)c2cc1C#N. The second kappa shape index (κ2) is 12.5. The van der Waals surface area contributed by atoms with Crippen LogP contribution < -0.4 is 20.1 Å². The fraction of sp³-hybridized carbons (Fsp3) is 0.292. The lowest BCUT2D eigenvalue weighted by Crippen LogP contribution is -2.29. The van der Waals surface area contributed by atoms with Gasteiger partial charge in [-0.3, -0.25) is 4.98 Å². The molecule has 1 aromatic heterocycles. The molecule has 2 aromatic carbocycles. The van der Waals surface area contributed by atoms with Crippen molar-refractivity contribution in [1.82, 2.24) is 10.3 Å². The molecule has 2 N–H and O–H groups in total.